The number of fused-ring (bicyclic) bond motifs is 1. The van der Waals surface area contributed by atoms with E-state index in [1.807, 2.05) is 13.0 Å². The van der Waals surface area contributed by atoms with E-state index in [1.165, 1.54) is 5.56 Å². The largest absolute Gasteiger partial charge is 0.480 e. The molecule has 15 heavy (non-hydrogen) atoms. The Balaban J connectivity index is 2.31. The van der Waals surface area contributed by atoms with Gasteiger partial charge in [0.05, 0.1) is 0 Å². The van der Waals surface area contributed by atoms with Crippen LogP contribution in [0.5, 0.6) is 0 Å². The fourth-order valence-electron chi connectivity index (χ4n) is 1.98. The van der Waals surface area contributed by atoms with Gasteiger partial charge in [0.25, 0.3) is 0 Å². The molecule has 0 spiro atoms. The highest BCUT2D eigenvalue weighted by Crippen LogP contribution is 2.25. The van der Waals surface area contributed by atoms with E-state index in [0.717, 1.165) is 24.1 Å². The lowest BCUT2D eigenvalue weighted by atomic mass is 10.1. The SMILES string of the molecule is Cc1ccc2c(c1)NC(C(=O)O)CCC2. The smallest absolute Gasteiger partial charge is 0.326 e. The molecule has 1 aliphatic rings. The van der Waals surface area contributed by atoms with Gasteiger partial charge in [-0.25, -0.2) is 4.79 Å². The van der Waals surface area contributed by atoms with Crippen molar-refractivity contribution in [1.82, 2.24) is 0 Å². The summed E-state index contributed by atoms with van der Waals surface area (Å²) in [5.74, 6) is -0.760. The number of carboxylic acids is 1. The minimum Gasteiger partial charge on any atom is -0.480 e. The molecule has 1 heterocycles. The summed E-state index contributed by atoms with van der Waals surface area (Å²) in [7, 11) is 0. The molecule has 1 aromatic carbocycles. The number of carbonyl (C=O) groups is 1. The van der Waals surface area contributed by atoms with Crippen LogP contribution in [0, 0.1) is 6.92 Å². The first-order valence-electron chi connectivity index (χ1n) is 5.25. The van der Waals surface area contributed by atoms with Crippen molar-refractivity contribution in [3.05, 3.63) is 29.3 Å². The zero-order chi connectivity index (χ0) is 10.8. The normalized spacial score (nSPS) is 19.9. The van der Waals surface area contributed by atoms with Gasteiger partial charge in [-0.15, -0.1) is 0 Å². The fraction of sp³-hybridized carbons (Fsp3) is 0.417. The third kappa shape index (κ3) is 2.12. The molecule has 0 saturated heterocycles. The fourth-order valence-corrected chi connectivity index (χ4v) is 1.98. The number of rotatable bonds is 1. The highest BCUT2D eigenvalue weighted by molar-refractivity contribution is 5.78. The zero-order valence-electron chi connectivity index (χ0n) is 8.79. The van der Waals surface area contributed by atoms with Crippen LogP contribution in [-0.2, 0) is 11.2 Å². The summed E-state index contributed by atoms with van der Waals surface area (Å²) >= 11 is 0. The maximum atomic E-state index is 10.9. The highest BCUT2D eigenvalue weighted by Gasteiger charge is 2.21. The molecular weight excluding hydrogens is 190 g/mol. The first-order chi connectivity index (χ1) is 7.16. The zero-order valence-corrected chi connectivity index (χ0v) is 8.79. The average molecular weight is 205 g/mol. The summed E-state index contributed by atoms with van der Waals surface area (Å²) in [4.78, 5) is 10.9. The lowest BCUT2D eigenvalue weighted by Crippen LogP contribution is -2.28. The van der Waals surface area contributed by atoms with Crippen molar-refractivity contribution >= 4 is 11.7 Å². The van der Waals surface area contributed by atoms with Gasteiger partial charge in [0.2, 0.25) is 0 Å². The number of hydrogen-bond acceptors (Lipinski definition) is 2. The van der Waals surface area contributed by atoms with Crippen molar-refractivity contribution in [3.8, 4) is 0 Å². The minimum atomic E-state index is -0.760. The summed E-state index contributed by atoms with van der Waals surface area (Å²) in [6.07, 6.45) is 2.59. The van der Waals surface area contributed by atoms with Gasteiger partial charge in [-0.3, -0.25) is 0 Å². The van der Waals surface area contributed by atoms with Crippen LogP contribution in [0.25, 0.3) is 0 Å². The molecule has 2 N–H and O–H groups in total. The topological polar surface area (TPSA) is 49.3 Å². The number of nitrogens with one attached hydrogen (secondary N) is 1. The Morgan fingerprint density at radius 2 is 2.33 bits per heavy atom. The van der Waals surface area contributed by atoms with Crippen LogP contribution in [0.3, 0.4) is 0 Å². The summed E-state index contributed by atoms with van der Waals surface area (Å²) in [5, 5.41) is 12.1. The van der Waals surface area contributed by atoms with E-state index in [1.54, 1.807) is 0 Å². The molecule has 1 atom stereocenters. The number of hydrogen-bond donors (Lipinski definition) is 2. The van der Waals surface area contributed by atoms with Crippen LogP contribution in [0.4, 0.5) is 5.69 Å². The van der Waals surface area contributed by atoms with Gasteiger partial charge >= 0.3 is 5.97 Å². The number of aliphatic carboxylic acids is 1. The molecular formula is C12H15NO2. The van der Waals surface area contributed by atoms with Crippen LogP contribution in [0.2, 0.25) is 0 Å². The second-order valence-electron chi connectivity index (χ2n) is 4.09. The van der Waals surface area contributed by atoms with E-state index in [9.17, 15) is 4.79 Å². The molecule has 0 saturated carbocycles. The van der Waals surface area contributed by atoms with E-state index in [-0.39, 0.29) is 0 Å². The Labute approximate surface area is 89.1 Å². The van der Waals surface area contributed by atoms with Crippen molar-refractivity contribution in [1.29, 1.82) is 0 Å². The number of aryl methyl sites for hydroxylation is 2. The third-order valence-corrected chi connectivity index (χ3v) is 2.83. The number of carboxylic acid groups (broad SMARTS) is 1. The lowest BCUT2D eigenvalue weighted by molar-refractivity contribution is -0.138. The standard InChI is InChI=1S/C12H15NO2/c1-8-5-6-9-3-2-4-10(12(14)15)13-11(9)7-8/h5-7,10,13H,2-4H2,1H3,(H,14,15). The summed E-state index contributed by atoms with van der Waals surface area (Å²) in [5.41, 5.74) is 3.37. The molecule has 0 radical (unpaired) electrons. The molecule has 0 amide bonds. The van der Waals surface area contributed by atoms with Crippen molar-refractivity contribution in [2.24, 2.45) is 0 Å². The Bertz CT molecular complexity index is 387. The van der Waals surface area contributed by atoms with Crippen molar-refractivity contribution in [2.75, 3.05) is 5.32 Å². The van der Waals surface area contributed by atoms with Crippen molar-refractivity contribution in [3.63, 3.8) is 0 Å². The van der Waals surface area contributed by atoms with Gasteiger partial charge in [-0.05, 0) is 43.4 Å². The highest BCUT2D eigenvalue weighted by atomic mass is 16.4. The van der Waals surface area contributed by atoms with Crippen molar-refractivity contribution < 1.29 is 9.90 Å². The van der Waals surface area contributed by atoms with Gasteiger partial charge in [0.1, 0.15) is 6.04 Å². The second kappa shape index (κ2) is 3.93. The van der Waals surface area contributed by atoms with Crippen LogP contribution in [0.1, 0.15) is 24.0 Å². The van der Waals surface area contributed by atoms with E-state index in [2.05, 4.69) is 17.4 Å². The summed E-state index contributed by atoms with van der Waals surface area (Å²) in [6, 6.07) is 5.74. The Hall–Kier alpha value is -1.51. The van der Waals surface area contributed by atoms with E-state index < -0.39 is 12.0 Å². The maximum Gasteiger partial charge on any atom is 0.326 e. The molecule has 0 aromatic heterocycles. The minimum absolute atomic E-state index is 0.437. The maximum absolute atomic E-state index is 10.9. The summed E-state index contributed by atoms with van der Waals surface area (Å²) < 4.78 is 0. The molecule has 0 aliphatic carbocycles. The first kappa shape index (κ1) is 10.0. The molecule has 0 fully saturated rings. The molecule has 1 unspecified atom stereocenters. The van der Waals surface area contributed by atoms with E-state index >= 15 is 0 Å². The average Bonchev–Trinajstić information content (AvgIpc) is 2.39. The molecule has 0 bridgehead atoms. The lowest BCUT2D eigenvalue weighted by Gasteiger charge is -2.13. The predicted molar refractivity (Wildman–Crippen MR) is 59.2 cm³/mol. The Kier molecular flexibility index (Phi) is 2.62. The molecule has 1 aliphatic heterocycles. The molecule has 2 rings (SSSR count). The summed E-state index contributed by atoms with van der Waals surface area (Å²) in [6.45, 7) is 2.02. The second-order valence-corrected chi connectivity index (χ2v) is 4.09. The van der Waals surface area contributed by atoms with E-state index in [4.69, 9.17) is 5.11 Å². The molecule has 3 nitrogen and oxygen atoms in total. The van der Waals surface area contributed by atoms with Gasteiger partial charge in [0.15, 0.2) is 0 Å². The van der Waals surface area contributed by atoms with E-state index in [0.29, 0.717) is 6.42 Å². The number of anilines is 1. The van der Waals surface area contributed by atoms with Gasteiger partial charge in [-0.1, -0.05) is 12.1 Å². The van der Waals surface area contributed by atoms with Gasteiger partial charge in [0, 0.05) is 5.69 Å². The Morgan fingerprint density at radius 3 is 3.07 bits per heavy atom. The van der Waals surface area contributed by atoms with Crippen LogP contribution in [-0.4, -0.2) is 17.1 Å². The number of benzene rings is 1. The first-order valence-corrected chi connectivity index (χ1v) is 5.25. The third-order valence-electron chi connectivity index (χ3n) is 2.83. The van der Waals surface area contributed by atoms with Crippen LogP contribution < -0.4 is 5.32 Å². The quantitative estimate of drug-likeness (QED) is 0.739. The van der Waals surface area contributed by atoms with Gasteiger partial charge < -0.3 is 10.4 Å². The Morgan fingerprint density at radius 1 is 1.53 bits per heavy atom. The van der Waals surface area contributed by atoms with Crippen molar-refractivity contribution in [2.45, 2.75) is 32.2 Å². The van der Waals surface area contributed by atoms with Crippen LogP contribution >= 0.6 is 0 Å². The molecule has 80 valence electrons. The predicted octanol–water partition coefficient (Wildman–Crippen LogP) is 2.20. The molecule has 1 aromatic rings. The molecule has 3 heteroatoms. The monoisotopic (exact) mass is 205 g/mol. The van der Waals surface area contributed by atoms with Crippen LogP contribution in [0.15, 0.2) is 18.2 Å². The van der Waals surface area contributed by atoms with Gasteiger partial charge in [-0.2, -0.15) is 0 Å².